The number of anilines is 1. The van der Waals surface area contributed by atoms with Gasteiger partial charge < -0.3 is 9.80 Å². The maximum absolute atomic E-state index is 12.9. The van der Waals surface area contributed by atoms with Crippen LogP contribution in [0.15, 0.2) is 12.1 Å². The van der Waals surface area contributed by atoms with Crippen LogP contribution in [0.25, 0.3) is 10.2 Å². The van der Waals surface area contributed by atoms with E-state index in [1.54, 1.807) is 11.3 Å². The van der Waals surface area contributed by atoms with Crippen molar-refractivity contribution in [3.63, 3.8) is 0 Å². The number of thiazole rings is 1. The third-order valence-corrected chi connectivity index (χ3v) is 8.66. The number of sulfonamides is 1. The third kappa shape index (κ3) is 4.23. The molecule has 0 radical (unpaired) electrons. The molecule has 0 atom stereocenters. The van der Waals surface area contributed by atoms with Gasteiger partial charge in [0.05, 0.1) is 16.5 Å². The molecule has 3 heterocycles. The van der Waals surface area contributed by atoms with Crippen LogP contribution >= 0.6 is 22.9 Å². The number of fused-ring (bicyclic) bond motifs is 1. The quantitative estimate of drug-likeness (QED) is 0.709. The Balaban J connectivity index is 1.36. The van der Waals surface area contributed by atoms with E-state index in [-0.39, 0.29) is 11.8 Å². The zero-order valence-electron chi connectivity index (χ0n) is 16.6. The van der Waals surface area contributed by atoms with Crippen molar-refractivity contribution in [3.05, 3.63) is 22.7 Å². The maximum atomic E-state index is 12.9. The van der Waals surface area contributed by atoms with Gasteiger partial charge in [0.1, 0.15) is 0 Å². The number of nitrogens with zero attached hydrogens (tertiary/aromatic N) is 4. The molecule has 0 spiro atoms. The predicted molar refractivity (Wildman–Crippen MR) is 117 cm³/mol. The molecule has 1 amide bonds. The Morgan fingerprint density at radius 2 is 1.79 bits per heavy atom. The molecule has 1 aromatic carbocycles. The molecule has 0 aliphatic carbocycles. The van der Waals surface area contributed by atoms with Crippen LogP contribution in [-0.4, -0.2) is 74.0 Å². The van der Waals surface area contributed by atoms with Crippen molar-refractivity contribution in [1.82, 2.24) is 14.2 Å². The summed E-state index contributed by atoms with van der Waals surface area (Å²) in [5, 5.41) is 1.70. The summed E-state index contributed by atoms with van der Waals surface area (Å²) in [5.41, 5.74) is 1.95. The molecule has 2 aliphatic rings. The molecule has 10 heteroatoms. The highest BCUT2D eigenvalue weighted by Crippen LogP contribution is 2.34. The summed E-state index contributed by atoms with van der Waals surface area (Å²) in [7, 11) is -3.17. The molecule has 7 nitrogen and oxygen atoms in total. The zero-order chi connectivity index (χ0) is 20.8. The molecule has 2 fully saturated rings. The van der Waals surface area contributed by atoms with E-state index in [4.69, 9.17) is 16.6 Å². The number of carbonyl (C=O) groups excluding carboxylic acids is 1. The molecule has 2 aromatic rings. The van der Waals surface area contributed by atoms with E-state index >= 15 is 0 Å². The summed E-state index contributed by atoms with van der Waals surface area (Å²) in [4.78, 5) is 21.8. The summed E-state index contributed by atoms with van der Waals surface area (Å²) in [6.45, 7) is 5.69. The molecule has 0 unspecified atom stereocenters. The highest BCUT2D eigenvalue weighted by molar-refractivity contribution is 7.88. The van der Waals surface area contributed by atoms with E-state index in [1.807, 2.05) is 24.0 Å². The molecule has 2 aliphatic heterocycles. The largest absolute Gasteiger partial charge is 0.345 e. The average molecular weight is 457 g/mol. The molecule has 0 bridgehead atoms. The normalized spacial score (nSPS) is 19.8. The minimum absolute atomic E-state index is 0.0770. The van der Waals surface area contributed by atoms with E-state index in [9.17, 15) is 13.2 Å². The maximum Gasteiger partial charge on any atom is 0.225 e. The fourth-order valence-electron chi connectivity index (χ4n) is 4.03. The van der Waals surface area contributed by atoms with Crippen LogP contribution in [0.5, 0.6) is 0 Å². The predicted octanol–water partition coefficient (Wildman–Crippen LogP) is 2.58. The minimum atomic E-state index is -3.17. The minimum Gasteiger partial charge on any atom is -0.345 e. The van der Waals surface area contributed by atoms with Crippen LogP contribution in [0.1, 0.15) is 18.4 Å². The topological polar surface area (TPSA) is 73.8 Å². The first-order chi connectivity index (χ1) is 13.7. The SMILES string of the molecule is Cc1c(Cl)ccc2sc(N3CCN(C(=O)C4CCN(S(C)(=O)=O)CC4)CC3)nc12. The van der Waals surface area contributed by atoms with E-state index in [1.165, 1.54) is 10.6 Å². The van der Waals surface area contributed by atoms with Crippen molar-refractivity contribution >= 4 is 54.2 Å². The first-order valence-electron chi connectivity index (χ1n) is 9.78. The number of hydrogen-bond acceptors (Lipinski definition) is 6. The van der Waals surface area contributed by atoms with Gasteiger partial charge in [-0.1, -0.05) is 22.9 Å². The molecule has 4 rings (SSSR count). The number of hydrogen-bond donors (Lipinski definition) is 0. The van der Waals surface area contributed by atoms with Crippen molar-refractivity contribution < 1.29 is 13.2 Å². The number of rotatable bonds is 3. The van der Waals surface area contributed by atoms with Crippen molar-refractivity contribution in [3.8, 4) is 0 Å². The Hall–Kier alpha value is -1.42. The second-order valence-corrected chi connectivity index (χ2v) is 11.2. The summed E-state index contributed by atoms with van der Waals surface area (Å²) in [6, 6.07) is 3.92. The van der Waals surface area contributed by atoms with Crippen LogP contribution in [0.4, 0.5) is 5.13 Å². The van der Waals surface area contributed by atoms with Gasteiger partial charge in [-0.05, 0) is 37.5 Å². The number of aromatic nitrogens is 1. The molecule has 0 saturated carbocycles. The second-order valence-electron chi connectivity index (χ2n) is 7.76. The highest BCUT2D eigenvalue weighted by atomic mass is 35.5. The van der Waals surface area contributed by atoms with E-state index < -0.39 is 10.0 Å². The second kappa shape index (κ2) is 8.02. The van der Waals surface area contributed by atoms with Gasteiger partial charge in [-0.25, -0.2) is 17.7 Å². The zero-order valence-corrected chi connectivity index (χ0v) is 19.0. The Bertz CT molecular complexity index is 1020. The summed E-state index contributed by atoms with van der Waals surface area (Å²) < 4.78 is 25.9. The van der Waals surface area contributed by atoms with Crippen LogP contribution in [0.3, 0.4) is 0 Å². The molecule has 2 saturated heterocycles. The molecule has 29 heavy (non-hydrogen) atoms. The first kappa shape index (κ1) is 20.8. The lowest BCUT2D eigenvalue weighted by Gasteiger charge is -2.38. The lowest BCUT2D eigenvalue weighted by Crippen LogP contribution is -2.52. The number of amides is 1. The Labute approximate surface area is 180 Å². The van der Waals surface area contributed by atoms with Crippen LogP contribution in [0, 0.1) is 12.8 Å². The number of aryl methyl sites for hydroxylation is 1. The van der Waals surface area contributed by atoms with Gasteiger partial charge in [-0.15, -0.1) is 0 Å². The molecule has 0 N–H and O–H groups in total. The van der Waals surface area contributed by atoms with Gasteiger partial charge in [0.15, 0.2) is 5.13 Å². The van der Waals surface area contributed by atoms with Gasteiger partial charge in [-0.2, -0.15) is 0 Å². The molecule has 1 aromatic heterocycles. The van der Waals surface area contributed by atoms with Gasteiger partial charge >= 0.3 is 0 Å². The fraction of sp³-hybridized carbons (Fsp3) is 0.579. The smallest absolute Gasteiger partial charge is 0.225 e. The summed E-state index contributed by atoms with van der Waals surface area (Å²) >= 11 is 7.87. The Morgan fingerprint density at radius 3 is 2.41 bits per heavy atom. The van der Waals surface area contributed by atoms with Crippen molar-refractivity contribution in [2.24, 2.45) is 5.92 Å². The standard InChI is InChI=1S/C19H25ClN4O3S2/c1-13-15(20)3-4-16-17(13)21-19(28-16)23-11-9-22(10-12-23)18(25)14-5-7-24(8-6-14)29(2,26)27/h3-4,14H,5-12H2,1-2H3. The summed E-state index contributed by atoms with van der Waals surface area (Å²) in [5.74, 6) is 0.0801. The van der Waals surface area contributed by atoms with E-state index in [0.29, 0.717) is 39.0 Å². The number of carbonyl (C=O) groups is 1. The number of piperidine rings is 1. The van der Waals surface area contributed by atoms with Crippen molar-refractivity contribution in [2.45, 2.75) is 19.8 Å². The average Bonchev–Trinajstić information content (AvgIpc) is 3.15. The first-order valence-corrected chi connectivity index (χ1v) is 12.8. The number of benzene rings is 1. The van der Waals surface area contributed by atoms with Crippen LogP contribution in [0.2, 0.25) is 5.02 Å². The molecular weight excluding hydrogens is 432 g/mol. The fourth-order valence-corrected chi connectivity index (χ4v) is 6.14. The lowest BCUT2D eigenvalue weighted by atomic mass is 9.96. The number of piperazine rings is 1. The highest BCUT2D eigenvalue weighted by Gasteiger charge is 2.33. The van der Waals surface area contributed by atoms with Crippen molar-refractivity contribution in [1.29, 1.82) is 0 Å². The monoisotopic (exact) mass is 456 g/mol. The van der Waals surface area contributed by atoms with Crippen LogP contribution in [-0.2, 0) is 14.8 Å². The Morgan fingerprint density at radius 1 is 1.14 bits per heavy atom. The van der Waals surface area contributed by atoms with Gasteiger partial charge in [0.2, 0.25) is 15.9 Å². The summed E-state index contributed by atoms with van der Waals surface area (Å²) in [6.07, 6.45) is 2.43. The molecular formula is C19H25ClN4O3S2. The van der Waals surface area contributed by atoms with Gasteiger partial charge in [0, 0.05) is 50.2 Å². The number of halogens is 1. The van der Waals surface area contributed by atoms with Gasteiger partial charge in [-0.3, -0.25) is 4.79 Å². The van der Waals surface area contributed by atoms with Crippen molar-refractivity contribution in [2.75, 3.05) is 50.4 Å². The van der Waals surface area contributed by atoms with E-state index in [2.05, 4.69) is 4.90 Å². The lowest BCUT2D eigenvalue weighted by molar-refractivity contribution is -0.137. The third-order valence-electron chi connectivity index (χ3n) is 5.87. The van der Waals surface area contributed by atoms with E-state index in [0.717, 1.165) is 39.0 Å². The van der Waals surface area contributed by atoms with Crippen LogP contribution < -0.4 is 4.90 Å². The van der Waals surface area contributed by atoms with Gasteiger partial charge in [0.25, 0.3) is 0 Å². The molecule has 158 valence electrons. The Kier molecular flexibility index (Phi) is 5.76.